The van der Waals surface area contributed by atoms with Crippen molar-refractivity contribution in [2.45, 2.75) is 13.0 Å². The average molecular weight is 283 g/mol. The summed E-state index contributed by atoms with van der Waals surface area (Å²) in [4.78, 5) is 23.6. The first-order valence-electron chi connectivity index (χ1n) is 6.08. The van der Waals surface area contributed by atoms with E-state index in [0.717, 1.165) is 12.1 Å². The van der Waals surface area contributed by atoms with Crippen LogP contribution in [0, 0.1) is 5.82 Å². The van der Waals surface area contributed by atoms with Crippen LogP contribution in [0.5, 0.6) is 0 Å². The average Bonchev–Trinajstić information content (AvgIpc) is 2.38. The second kappa shape index (κ2) is 7.44. The third-order valence-corrected chi connectivity index (χ3v) is 2.60. The van der Waals surface area contributed by atoms with E-state index in [-0.39, 0.29) is 17.2 Å². The Kier molecular flexibility index (Phi) is 5.92. The van der Waals surface area contributed by atoms with Gasteiger partial charge < -0.3 is 21.1 Å². The Balaban J connectivity index is 2.58. The number of nitrogens with one attached hydrogen (secondary N) is 2. The molecule has 0 bridgehead atoms. The molecule has 0 radical (unpaired) electrons. The fourth-order valence-corrected chi connectivity index (χ4v) is 1.51. The van der Waals surface area contributed by atoms with E-state index in [2.05, 4.69) is 10.6 Å². The van der Waals surface area contributed by atoms with Crippen molar-refractivity contribution < 1.29 is 18.7 Å². The number of anilines is 1. The van der Waals surface area contributed by atoms with E-state index >= 15 is 0 Å². The Bertz CT molecular complexity index is 494. The highest BCUT2D eigenvalue weighted by Gasteiger charge is 2.17. The monoisotopic (exact) mass is 283 g/mol. The van der Waals surface area contributed by atoms with Gasteiger partial charge in [-0.25, -0.2) is 4.39 Å². The van der Waals surface area contributed by atoms with Gasteiger partial charge in [0.25, 0.3) is 5.91 Å². The minimum atomic E-state index is -0.733. The fourth-order valence-electron chi connectivity index (χ4n) is 1.51. The van der Waals surface area contributed by atoms with Crippen LogP contribution in [0.1, 0.15) is 17.3 Å². The van der Waals surface area contributed by atoms with Crippen LogP contribution in [-0.2, 0) is 9.53 Å². The molecule has 20 heavy (non-hydrogen) atoms. The largest absolute Gasteiger partial charge is 0.398 e. The zero-order chi connectivity index (χ0) is 15.1. The summed E-state index contributed by atoms with van der Waals surface area (Å²) in [6.07, 6.45) is 0. The molecule has 1 unspecified atom stereocenters. The molecule has 2 amide bonds. The first-order chi connectivity index (χ1) is 9.45. The Labute approximate surface area is 116 Å². The van der Waals surface area contributed by atoms with Gasteiger partial charge in [-0.05, 0) is 25.1 Å². The summed E-state index contributed by atoms with van der Waals surface area (Å²) in [6, 6.07) is 2.73. The van der Waals surface area contributed by atoms with Crippen LogP contribution in [0.3, 0.4) is 0 Å². The molecule has 1 atom stereocenters. The molecule has 1 aromatic rings. The normalized spacial score (nSPS) is 11.8. The summed E-state index contributed by atoms with van der Waals surface area (Å²) < 4.78 is 17.7. The summed E-state index contributed by atoms with van der Waals surface area (Å²) in [5.41, 5.74) is 5.70. The molecule has 0 heterocycles. The fraction of sp³-hybridized carbons (Fsp3) is 0.385. The molecular formula is C13H18FN3O3. The van der Waals surface area contributed by atoms with Crippen molar-refractivity contribution in [3.8, 4) is 0 Å². The summed E-state index contributed by atoms with van der Waals surface area (Å²) in [5.74, 6) is -1.39. The minimum Gasteiger partial charge on any atom is -0.398 e. The van der Waals surface area contributed by atoms with Gasteiger partial charge in [-0.2, -0.15) is 0 Å². The molecule has 6 nitrogen and oxygen atoms in total. The third kappa shape index (κ3) is 4.51. The van der Waals surface area contributed by atoms with E-state index in [1.807, 2.05) is 0 Å². The minimum absolute atomic E-state index is 0.0227. The number of hydrogen-bond donors (Lipinski definition) is 3. The van der Waals surface area contributed by atoms with E-state index < -0.39 is 17.8 Å². The Morgan fingerprint density at radius 1 is 1.45 bits per heavy atom. The number of amides is 2. The number of hydrogen-bond acceptors (Lipinski definition) is 4. The first kappa shape index (κ1) is 15.9. The molecule has 7 heteroatoms. The SMILES string of the molecule is COCCNC(=O)C(C)NC(=O)c1ccc(F)cc1N. The number of methoxy groups -OCH3 is 1. The molecule has 1 rings (SSSR count). The van der Waals surface area contributed by atoms with Crippen molar-refractivity contribution in [2.75, 3.05) is 26.0 Å². The van der Waals surface area contributed by atoms with Gasteiger partial charge in [-0.1, -0.05) is 0 Å². The summed E-state index contributed by atoms with van der Waals surface area (Å²) in [7, 11) is 1.52. The number of halogens is 1. The first-order valence-corrected chi connectivity index (χ1v) is 6.08. The predicted molar refractivity (Wildman–Crippen MR) is 72.6 cm³/mol. The zero-order valence-electron chi connectivity index (χ0n) is 11.4. The highest BCUT2D eigenvalue weighted by Crippen LogP contribution is 2.13. The lowest BCUT2D eigenvalue weighted by Crippen LogP contribution is -2.45. The maximum atomic E-state index is 12.9. The standard InChI is InChI=1S/C13H18FN3O3/c1-8(12(18)16-5-6-20-2)17-13(19)10-4-3-9(14)7-11(10)15/h3-4,7-8H,5-6,15H2,1-2H3,(H,16,18)(H,17,19). The van der Waals surface area contributed by atoms with Gasteiger partial charge in [-0.3, -0.25) is 9.59 Å². The number of ether oxygens (including phenoxy) is 1. The van der Waals surface area contributed by atoms with Gasteiger partial charge in [0.2, 0.25) is 5.91 Å². The lowest BCUT2D eigenvalue weighted by molar-refractivity contribution is -0.122. The molecule has 0 saturated carbocycles. The quantitative estimate of drug-likeness (QED) is 0.516. The van der Waals surface area contributed by atoms with Crippen LogP contribution < -0.4 is 16.4 Å². The highest BCUT2D eigenvalue weighted by atomic mass is 19.1. The second-order valence-corrected chi connectivity index (χ2v) is 4.21. The van der Waals surface area contributed by atoms with Crippen LogP contribution in [0.15, 0.2) is 18.2 Å². The lowest BCUT2D eigenvalue weighted by atomic mass is 10.1. The zero-order valence-corrected chi connectivity index (χ0v) is 11.4. The smallest absolute Gasteiger partial charge is 0.254 e. The van der Waals surface area contributed by atoms with Crippen LogP contribution in [0.25, 0.3) is 0 Å². The topological polar surface area (TPSA) is 93.5 Å². The van der Waals surface area contributed by atoms with Crippen molar-refractivity contribution in [1.29, 1.82) is 0 Å². The number of nitrogen functional groups attached to an aromatic ring is 1. The van der Waals surface area contributed by atoms with Gasteiger partial charge >= 0.3 is 0 Å². The molecule has 110 valence electrons. The van der Waals surface area contributed by atoms with Crippen molar-refractivity contribution >= 4 is 17.5 Å². The van der Waals surface area contributed by atoms with Gasteiger partial charge in [0.05, 0.1) is 12.2 Å². The molecule has 0 spiro atoms. The number of nitrogens with two attached hydrogens (primary N) is 1. The van der Waals surface area contributed by atoms with Crippen LogP contribution in [0.2, 0.25) is 0 Å². The maximum Gasteiger partial charge on any atom is 0.254 e. The van der Waals surface area contributed by atoms with Crippen LogP contribution in [0.4, 0.5) is 10.1 Å². The predicted octanol–water partition coefficient (Wildman–Crippen LogP) is 0.289. The number of carbonyl (C=O) groups excluding carboxylic acids is 2. The van der Waals surface area contributed by atoms with E-state index in [4.69, 9.17) is 10.5 Å². The molecule has 0 aromatic heterocycles. The molecule has 1 aromatic carbocycles. The van der Waals surface area contributed by atoms with Gasteiger partial charge in [0, 0.05) is 19.3 Å². The lowest BCUT2D eigenvalue weighted by Gasteiger charge is -2.14. The number of benzene rings is 1. The molecule has 0 saturated heterocycles. The summed E-state index contributed by atoms with van der Waals surface area (Å²) >= 11 is 0. The van der Waals surface area contributed by atoms with Gasteiger partial charge in [0.1, 0.15) is 11.9 Å². The molecule has 0 aliphatic rings. The summed E-state index contributed by atoms with van der Waals surface area (Å²) in [6.45, 7) is 2.28. The van der Waals surface area contributed by atoms with Crippen molar-refractivity contribution in [1.82, 2.24) is 10.6 Å². The van der Waals surface area contributed by atoms with Crippen molar-refractivity contribution in [3.05, 3.63) is 29.6 Å². The van der Waals surface area contributed by atoms with Gasteiger partial charge in [0.15, 0.2) is 0 Å². The van der Waals surface area contributed by atoms with E-state index in [0.29, 0.717) is 13.2 Å². The molecular weight excluding hydrogens is 265 g/mol. The van der Waals surface area contributed by atoms with Gasteiger partial charge in [-0.15, -0.1) is 0 Å². The molecule has 0 aliphatic heterocycles. The van der Waals surface area contributed by atoms with E-state index in [1.54, 1.807) is 6.92 Å². The second-order valence-electron chi connectivity index (χ2n) is 4.21. The van der Waals surface area contributed by atoms with Crippen LogP contribution >= 0.6 is 0 Å². The highest BCUT2D eigenvalue weighted by molar-refractivity contribution is 6.01. The Morgan fingerprint density at radius 3 is 2.75 bits per heavy atom. The molecule has 0 fully saturated rings. The Morgan fingerprint density at radius 2 is 2.15 bits per heavy atom. The molecule has 4 N–H and O–H groups in total. The van der Waals surface area contributed by atoms with E-state index in [1.165, 1.54) is 13.2 Å². The molecule has 0 aliphatic carbocycles. The third-order valence-electron chi connectivity index (χ3n) is 2.60. The number of carbonyl (C=O) groups is 2. The Hall–Kier alpha value is -2.15. The van der Waals surface area contributed by atoms with E-state index in [9.17, 15) is 14.0 Å². The van der Waals surface area contributed by atoms with Crippen LogP contribution in [-0.4, -0.2) is 38.1 Å². The van der Waals surface area contributed by atoms with Crippen molar-refractivity contribution in [3.63, 3.8) is 0 Å². The maximum absolute atomic E-state index is 12.9. The van der Waals surface area contributed by atoms with Crippen molar-refractivity contribution in [2.24, 2.45) is 0 Å². The number of rotatable bonds is 6. The summed E-state index contributed by atoms with van der Waals surface area (Å²) in [5, 5.41) is 5.08.